The van der Waals surface area contributed by atoms with Crippen molar-refractivity contribution >= 4 is 28.9 Å². The van der Waals surface area contributed by atoms with Crippen molar-refractivity contribution in [1.29, 1.82) is 0 Å². The van der Waals surface area contributed by atoms with Crippen LogP contribution in [-0.4, -0.2) is 17.7 Å². The van der Waals surface area contributed by atoms with Gasteiger partial charge in [0.25, 0.3) is 0 Å². The van der Waals surface area contributed by atoms with Crippen LogP contribution in [-0.2, 0) is 0 Å². The topological polar surface area (TPSA) is 64.7 Å². The van der Waals surface area contributed by atoms with Gasteiger partial charge in [-0.15, -0.1) is 0 Å². The first-order chi connectivity index (χ1) is 10.2. The minimum Gasteiger partial charge on any atom is -0.494 e. The molecule has 0 saturated heterocycles. The molecule has 0 aliphatic carbocycles. The lowest BCUT2D eigenvalue weighted by molar-refractivity contribution is 0.268. The summed E-state index contributed by atoms with van der Waals surface area (Å²) in [6, 6.07) is 7.76. The van der Waals surface area contributed by atoms with Crippen molar-refractivity contribution in [3.8, 4) is 5.75 Å². The smallest absolute Gasteiger partial charge is 0.311 e. The molecule has 0 unspecified atom stereocenters. The molecule has 0 spiro atoms. The molecule has 1 amide bonds. The number of aliphatic imine (C=N–C) groups is 1. The number of amides is 1. The molecule has 21 heavy (non-hydrogen) atoms. The normalized spacial score (nSPS) is 16.3. The van der Waals surface area contributed by atoms with Gasteiger partial charge in [0.1, 0.15) is 11.6 Å². The van der Waals surface area contributed by atoms with Gasteiger partial charge in [-0.25, -0.2) is 0 Å². The molecule has 0 atom stereocenters. The van der Waals surface area contributed by atoms with E-state index in [9.17, 15) is 4.79 Å². The Morgan fingerprint density at radius 3 is 2.62 bits per heavy atom. The second-order valence-electron chi connectivity index (χ2n) is 4.85. The van der Waals surface area contributed by atoms with Crippen LogP contribution < -0.4 is 10.5 Å². The summed E-state index contributed by atoms with van der Waals surface area (Å²) >= 11 is 1.06. The highest BCUT2D eigenvalue weighted by molar-refractivity contribution is 8.18. The van der Waals surface area contributed by atoms with Crippen LogP contribution in [0, 0.1) is 0 Å². The molecular formula is C16H20N2O2S. The summed E-state index contributed by atoms with van der Waals surface area (Å²) in [5.41, 5.74) is 6.64. The number of thioether (sulfide) groups is 1. The Kier molecular flexibility index (Phi) is 5.87. The number of rotatable bonds is 7. The lowest BCUT2D eigenvalue weighted by atomic mass is 10.2. The number of nitrogens with two attached hydrogens (primary N) is 1. The number of amidine groups is 1. The van der Waals surface area contributed by atoms with Crippen LogP contribution in [0.2, 0.25) is 0 Å². The van der Waals surface area contributed by atoms with Crippen molar-refractivity contribution in [3.05, 3.63) is 34.7 Å². The van der Waals surface area contributed by atoms with Crippen molar-refractivity contribution in [2.75, 3.05) is 6.61 Å². The fourth-order valence-corrected chi connectivity index (χ4v) is 2.63. The predicted molar refractivity (Wildman–Crippen MR) is 88.7 cm³/mol. The van der Waals surface area contributed by atoms with E-state index in [2.05, 4.69) is 11.9 Å². The van der Waals surface area contributed by atoms with Gasteiger partial charge in [0, 0.05) is 0 Å². The second kappa shape index (κ2) is 7.88. The van der Waals surface area contributed by atoms with Crippen molar-refractivity contribution < 1.29 is 9.53 Å². The molecule has 4 nitrogen and oxygen atoms in total. The number of hydrogen-bond donors (Lipinski definition) is 1. The fourth-order valence-electron chi connectivity index (χ4n) is 1.96. The first kappa shape index (κ1) is 15.6. The van der Waals surface area contributed by atoms with Gasteiger partial charge in [-0.3, -0.25) is 4.79 Å². The number of hydrogen-bond acceptors (Lipinski definition) is 4. The van der Waals surface area contributed by atoms with Crippen molar-refractivity contribution in [2.24, 2.45) is 10.7 Å². The monoisotopic (exact) mass is 304 g/mol. The first-order valence-electron chi connectivity index (χ1n) is 7.20. The largest absolute Gasteiger partial charge is 0.494 e. The number of nitrogens with zero attached hydrogens (tertiary/aromatic N) is 1. The second-order valence-corrected chi connectivity index (χ2v) is 5.84. The summed E-state index contributed by atoms with van der Waals surface area (Å²) in [5.74, 6) is 1.16. The van der Waals surface area contributed by atoms with Crippen molar-refractivity contribution in [2.45, 2.75) is 32.6 Å². The Labute approximate surface area is 129 Å². The molecule has 2 rings (SSSR count). The maximum absolute atomic E-state index is 11.1. The summed E-state index contributed by atoms with van der Waals surface area (Å²) in [6.45, 7) is 2.95. The molecule has 5 heteroatoms. The van der Waals surface area contributed by atoms with Crippen LogP contribution in [0.5, 0.6) is 5.75 Å². The molecule has 1 heterocycles. The van der Waals surface area contributed by atoms with E-state index < -0.39 is 0 Å². The molecule has 1 aromatic carbocycles. The van der Waals surface area contributed by atoms with Gasteiger partial charge in [0.15, 0.2) is 0 Å². The summed E-state index contributed by atoms with van der Waals surface area (Å²) in [4.78, 5) is 15.5. The van der Waals surface area contributed by atoms with E-state index in [1.165, 1.54) is 19.3 Å². The standard InChI is InChI=1S/C16H20N2O2S/c1-2-3-4-5-10-20-13-8-6-12(7-9-13)11-14-15(17)18-16(19)21-14/h6-9,11H,2-5,10H2,1H3,(H2,17,18,19)/b14-11-. The van der Waals surface area contributed by atoms with Crippen LogP contribution in [0.25, 0.3) is 6.08 Å². The Balaban J connectivity index is 1.86. The fraction of sp³-hybridized carbons (Fsp3) is 0.375. The Hall–Kier alpha value is -1.75. The zero-order valence-corrected chi connectivity index (χ0v) is 13.0. The van der Waals surface area contributed by atoms with Crippen molar-refractivity contribution in [3.63, 3.8) is 0 Å². The zero-order chi connectivity index (χ0) is 15.1. The van der Waals surface area contributed by atoms with E-state index in [4.69, 9.17) is 10.5 Å². The average molecular weight is 304 g/mol. The molecular weight excluding hydrogens is 284 g/mol. The third-order valence-electron chi connectivity index (χ3n) is 3.11. The van der Waals surface area contributed by atoms with E-state index in [-0.39, 0.29) is 5.24 Å². The quantitative estimate of drug-likeness (QED) is 0.766. The number of benzene rings is 1. The summed E-state index contributed by atoms with van der Waals surface area (Å²) in [6.07, 6.45) is 6.65. The Morgan fingerprint density at radius 2 is 2.00 bits per heavy atom. The van der Waals surface area contributed by atoms with Crippen LogP contribution in [0.1, 0.15) is 38.2 Å². The van der Waals surface area contributed by atoms with Gasteiger partial charge in [0.2, 0.25) is 0 Å². The molecule has 112 valence electrons. The molecule has 0 fully saturated rings. The van der Waals surface area contributed by atoms with E-state index in [0.29, 0.717) is 10.7 Å². The van der Waals surface area contributed by atoms with Crippen LogP contribution >= 0.6 is 11.8 Å². The molecule has 1 aliphatic rings. The van der Waals surface area contributed by atoms with Gasteiger partial charge >= 0.3 is 5.24 Å². The van der Waals surface area contributed by atoms with Crippen molar-refractivity contribution in [1.82, 2.24) is 0 Å². The highest BCUT2D eigenvalue weighted by Gasteiger charge is 2.18. The lowest BCUT2D eigenvalue weighted by Crippen LogP contribution is -2.08. The van der Waals surface area contributed by atoms with Gasteiger partial charge in [-0.2, -0.15) is 4.99 Å². The summed E-state index contributed by atoms with van der Waals surface area (Å²) in [5, 5.41) is -0.259. The minimum absolute atomic E-state index is 0.259. The van der Waals surface area contributed by atoms with Gasteiger partial charge in [-0.1, -0.05) is 38.3 Å². The number of ether oxygens (including phenoxy) is 1. The molecule has 0 bridgehead atoms. The van der Waals surface area contributed by atoms with E-state index in [1.54, 1.807) is 0 Å². The molecule has 0 saturated carbocycles. The van der Waals surface area contributed by atoms with Crippen LogP contribution in [0.15, 0.2) is 34.2 Å². The first-order valence-corrected chi connectivity index (χ1v) is 8.01. The number of unbranched alkanes of at least 4 members (excludes halogenated alkanes) is 3. The van der Waals surface area contributed by atoms with E-state index in [1.807, 2.05) is 30.3 Å². The summed E-state index contributed by atoms with van der Waals surface area (Å²) < 4.78 is 5.69. The van der Waals surface area contributed by atoms with E-state index >= 15 is 0 Å². The lowest BCUT2D eigenvalue weighted by Gasteiger charge is -2.06. The van der Waals surface area contributed by atoms with Gasteiger partial charge in [0.05, 0.1) is 11.5 Å². The maximum atomic E-state index is 11.1. The van der Waals surface area contributed by atoms with E-state index in [0.717, 1.165) is 36.1 Å². The molecule has 2 N–H and O–H groups in total. The Bertz CT molecular complexity index is 550. The molecule has 1 aliphatic heterocycles. The highest BCUT2D eigenvalue weighted by atomic mass is 32.2. The molecule has 0 aromatic heterocycles. The third-order valence-corrected chi connectivity index (χ3v) is 3.92. The van der Waals surface area contributed by atoms with Gasteiger partial charge < -0.3 is 10.5 Å². The SMILES string of the molecule is CCCCCCOc1ccc(/C=C2\SC(=O)N=C2N)cc1. The van der Waals surface area contributed by atoms with Crippen LogP contribution in [0.4, 0.5) is 4.79 Å². The van der Waals surface area contributed by atoms with Gasteiger partial charge in [-0.05, 0) is 42.0 Å². The summed E-state index contributed by atoms with van der Waals surface area (Å²) in [7, 11) is 0. The molecule has 0 radical (unpaired) electrons. The average Bonchev–Trinajstić information content (AvgIpc) is 2.78. The third kappa shape index (κ3) is 4.93. The van der Waals surface area contributed by atoms with Crippen LogP contribution in [0.3, 0.4) is 0 Å². The highest BCUT2D eigenvalue weighted by Crippen LogP contribution is 2.27. The minimum atomic E-state index is -0.259. The predicted octanol–water partition coefficient (Wildman–Crippen LogP) is 4.21. The zero-order valence-electron chi connectivity index (χ0n) is 12.2. The number of carbonyl (C=O) groups is 1. The number of carbonyl (C=O) groups excluding carboxylic acids is 1. The Morgan fingerprint density at radius 1 is 1.24 bits per heavy atom. The molecule has 1 aromatic rings. The maximum Gasteiger partial charge on any atom is 0.311 e.